The number of aliphatic hydroxyl groups excluding tert-OH is 1. The summed E-state index contributed by atoms with van der Waals surface area (Å²) in [4.78, 5) is 49.7. The normalized spacial score (nSPS) is 21.4. The van der Waals surface area contributed by atoms with Crippen LogP contribution >= 0.6 is 11.3 Å². The summed E-state index contributed by atoms with van der Waals surface area (Å²) in [6.07, 6.45) is -0.553. The molecule has 3 atom stereocenters. The highest BCUT2D eigenvalue weighted by Gasteiger charge is 2.57. The van der Waals surface area contributed by atoms with E-state index in [0.29, 0.717) is 22.4 Å². The maximum absolute atomic E-state index is 12.9. The van der Waals surface area contributed by atoms with Gasteiger partial charge in [0.15, 0.2) is 18.1 Å². The Kier molecular flexibility index (Phi) is 4.86. The van der Waals surface area contributed by atoms with Crippen molar-refractivity contribution in [2.45, 2.75) is 39.0 Å². The van der Waals surface area contributed by atoms with Crippen LogP contribution in [0, 0.1) is 12.8 Å². The highest BCUT2D eigenvalue weighted by Crippen LogP contribution is 2.47. The summed E-state index contributed by atoms with van der Waals surface area (Å²) in [5.74, 6) is -3.06. The summed E-state index contributed by atoms with van der Waals surface area (Å²) in [6.45, 7) is 2.67. The highest BCUT2D eigenvalue weighted by atomic mass is 32.1. The van der Waals surface area contributed by atoms with Gasteiger partial charge in [0.25, 0.3) is 5.91 Å². The maximum Gasteiger partial charge on any atom is 0.519 e. The summed E-state index contributed by atoms with van der Waals surface area (Å²) < 4.78 is 14.8. The van der Waals surface area contributed by atoms with Crippen LogP contribution in [0.5, 0.6) is 0 Å². The van der Waals surface area contributed by atoms with Gasteiger partial charge in [-0.3, -0.25) is 9.59 Å². The molecule has 2 aromatic heterocycles. The summed E-state index contributed by atoms with van der Waals surface area (Å²) in [7, 11) is 0. The topological polar surface area (TPSA) is 153 Å². The molecule has 158 valence electrons. The number of carbonyl (C=O) groups is 3. The summed E-state index contributed by atoms with van der Waals surface area (Å²) >= 11 is 1.13. The van der Waals surface area contributed by atoms with E-state index in [0.717, 1.165) is 11.3 Å². The summed E-state index contributed by atoms with van der Waals surface area (Å²) in [5, 5.41) is 11.6. The van der Waals surface area contributed by atoms with Gasteiger partial charge in [-0.25, -0.2) is 9.59 Å². The molecule has 2 aromatic rings. The van der Waals surface area contributed by atoms with Crippen LogP contribution < -0.4 is 11.6 Å². The van der Waals surface area contributed by atoms with Crippen LogP contribution in [0.15, 0.2) is 30.8 Å². The number of thiophene rings is 1. The maximum atomic E-state index is 12.9. The van der Waals surface area contributed by atoms with Crippen molar-refractivity contribution >= 4 is 34.7 Å². The second kappa shape index (κ2) is 7.26. The summed E-state index contributed by atoms with van der Waals surface area (Å²) in [6, 6.07) is 1.17. The third kappa shape index (κ3) is 3.15. The molecule has 0 bridgehead atoms. The second-order valence-corrected chi connectivity index (χ2v) is 8.06. The lowest BCUT2D eigenvalue weighted by atomic mass is 9.82. The smallest absolute Gasteiger partial charge is 0.453 e. The van der Waals surface area contributed by atoms with Crippen LogP contribution in [0.25, 0.3) is 5.57 Å². The van der Waals surface area contributed by atoms with E-state index >= 15 is 0 Å². The quantitative estimate of drug-likeness (QED) is 0.499. The molecule has 0 spiro atoms. The van der Waals surface area contributed by atoms with E-state index in [9.17, 15) is 24.3 Å². The van der Waals surface area contributed by atoms with E-state index in [-0.39, 0.29) is 35.8 Å². The van der Waals surface area contributed by atoms with Crippen molar-refractivity contribution in [1.29, 1.82) is 0 Å². The molecule has 3 N–H and O–H groups in total. The van der Waals surface area contributed by atoms with Crippen LogP contribution in [0.3, 0.4) is 0 Å². The van der Waals surface area contributed by atoms with E-state index in [1.165, 1.54) is 18.7 Å². The molecule has 30 heavy (non-hydrogen) atoms. The lowest BCUT2D eigenvalue weighted by Gasteiger charge is -2.44. The number of β-lactam (4-membered cyclic amide) rings is 1. The molecule has 0 aromatic carbocycles. The predicted octanol–water partition coefficient (Wildman–Crippen LogP) is 0.768. The van der Waals surface area contributed by atoms with E-state index in [4.69, 9.17) is 19.3 Å². The number of fused-ring (bicyclic) bond motifs is 1. The van der Waals surface area contributed by atoms with Crippen molar-refractivity contribution in [3.05, 3.63) is 49.7 Å². The molecular formula is C19H18N2O8S. The zero-order valence-corrected chi connectivity index (χ0v) is 16.9. The highest BCUT2D eigenvalue weighted by molar-refractivity contribution is 7.12. The van der Waals surface area contributed by atoms with Gasteiger partial charge in [-0.05, 0) is 42.9 Å². The number of ether oxygens (including phenoxy) is 1. The van der Waals surface area contributed by atoms with Crippen LogP contribution in [-0.4, -0.2) is 39.9 Å². The number of hydrogen-bond donors (Lipinski definition) is 2. The van der Waals surface area contributed by atoms with Gasteiger partial charge in [0.05, 0.1) is 22.9 Å². The van der Waals surface area contributed by atoms with Crippen LogP contribution in [-0.2, 0) is 20.9 Å². The van der Waals surface area contributed by atoms with Gasteiger partial charge in [-0.15, -0.1) is 11.3 Å². The Morgan fingerprint density at radius 3 is 2.70 bits per heavy atom. The van der Waals surface area contributed by atoms with Gasteiger partial charge >= 0.3 is 11.8 Å². The second-order valence-electron chi connectivity index (χ2n) is 7.15. The molecule has 10 nitrogen and oxygen atoms in total. The number of aliphatic hydroxyl groups is 1. The van der Waals surface area contributed by atoms with Crippen molar-refractivity contribution in [2.75, 3.05) is 0 Å². The van der Waals surface area contributed by atoms with Gasteiger partial charge in [-0.1, -0.05) is 0 Å². The summed E-state index contributed by atoms with van der Waals surface area (Å²) in [5.41, 5.74) is 6.47. The first kappa shape index (κ1) is 20.1. The van der Waals surface area contributed by atoms with E-state index in [1.807, 2.05) is 0 Å². The molecule has 2 aliphatic rings. The fourth-order valence-corrected chi connectivity index (χ4v) is 4.62. The van der Waals surface area contributed by atoms with Crippen molar-refractivity contribution < 1.29 is 33.1 Å². The largest absolute Gasteiger partial charge is 0.519 e. The van der Waals surface area contributed by atoms with Gasteiger partial charge in [0, 0.05) is 0 Å². The molecular weight excluding hydrogens is 416 g/mol. The number of nitrogens with zero attached hydrogens (tertiary/aromatic N) is 1. The van der Waals surface area contributed by atoms with E-state index < -0.39 is 29.7 Å². The number of primary amides is 1. The number of nitrogens with two attached hydrogens (primary N) is 1. The van der Waals surface area contributed by atoms with Gasteiger partial charge in [-0.2, -0.15) is 0 Å². The SMILES string of the molecule is Cc1oc(=O)oc1COC(=O)C1=C(c2csc(C(N)=O)c2)C[C@@H]2[C@@H]([C@@H](C)O)C(=O)N12. The number of esters is 1. The fraction of sp³-hybridized carbons (Fsp3) is 0.368. The molecule has 4 rings (SSSR count). The minimum atomic E-state index is -0.908. The number of carbonyl (C=O) groups excluding carboxylic acids is 3. The molecule has 0 unspecified atom stereocenters. The Hall–Kier alpha value is -3.18. The van der Waals surface area contributed by atoms with Gasteiger partial charge in [0.2, 0.25) is 5.91 Å². The van der Waals surface area contributed by atoms with Crippen LogP contribution in [0.4, 0.5) is 0 Å². The van der Waals surface area contributed by atoms with Crippen LogP contribution in [0.1, 0.15) is 40.1 Å². The number of amides is 2. The molecule has 1 fully saturated rings. The molecule has 0 aliphatic carbocycles. The third-order valence-corrected chi connectivity index (χ3v) is 6.23. The van der Waals surface area contributed by atoms with Crippen molar-refractivity contribution in [2.24, 2.45) is 11.7 Å². The van der Waals surface area contributed by atoms with Gasteiger partial charge in [0.1, 0.15) is 5.70 Å². The van der Waals surface area contributed by atoms with E-state index in [1.54, 1.807) is 11.4 Å². The van der Waals surface area contributed by atoms with Crippen molar-refractivity contribution in [3.8, 4) is 0 Å². The molecule has 4 heterocycles. The average molecular weight is 434 g/mol. The Balaban J connectivity index is 1.66. The minimum absolute atomic E-state index is 0.0409. The fourth-order valence-electron chi connectivity index (χ4n) is 3.85. The monoisotopic (exact) mass is 434 g/mol. The molecule has 0 radical (unpaired) electrons. The number of rotatable bonds is 6. The zero-order chi connectivity index (χ0) is 21.7. The molecule has 2 aliphatic heterocycles. The lowest BCUT2D eigenvalue weighted by Crippen LogP contribution is -2.61. The average Bonchev–Trinajstić information content (AvgIpc) is 3.34. The van der Waals surface area contributed by atoms with E-state index in [2.05, 4.69) is 0 Å². The lowest BCUT2D eigenvalue weighted by molar-refractivity contribution is -0.162. The Labute approximate surface area is 173 Å². The van der Waals surface area contributed by atoms with Crippen molar-refractivity contribution in [3.63, 3.8) is 0 Å². The molecule has 1 saturated heterocycles. The molecule has 0 saturated carbocycles. The predicted molar refractivity (Wildman–Crippen MR) is 102 cm³/mol. The first-order valence-corrected chi connectivity index (χ1v) is 9.96. The van der Waals surface area contributed by atoms with Crippen LogP contribution in [0.2, 0.25) is 0 Å². The Morgan fingerprint density at radius 2 is 2.13 bits per heavy atom. The number of aryl methyl sites for hydroxylation is 1. The first-order chi connectivity index (χ1) is 14.2. The van der Waals surface area contributed by atoms with Gasteiger partial charge < -0.3 is 29.3 Å². The third-order valence-electron chi connectivity index (χ3n) is 5.28. The number of hydrogen-bond acceptors (Lipinski definition) is 9. The molecule has 2 amide bonds. The standard InChI is InChI=1S/C19H18N2O8S/c1-7(22)14-11-4-10(9-3-13(16(20)23)30-6-9)15(21(11)17(14)24)18(25)27-5-12-8(2)28-19(26)29-12/h3,6-7,11,14,22H,4-5H2,1-2H3,(H2,20,23)/t7-,11-,14-/m1/s1. The minimum Gasteiger partial charge on any atom is -0.453 e. The Bertz CT molecular complexity index is 1140. The Morgan fingerprint density at radius 1 is 1.40 bits per heavy atom. The zero-order valence-electron chi connectivity index (χ0n) is 16.0. The first-order valence-electron chi connectivity index (χ1n) is 9.08. The van der Waals surface area contributed by atoms with Crippen molar-refractivity contribution in [1.82, 2.24) is 4.90 Å². The molecule has 11 heteroatoms.